The molecule has 2 aromatic rings. The Hall–Kier alpha value is -1.06. The first-order valence-electron chi connectivity index (χ1n) is 6.31. The maximum atomic E-state index is 5.98. The molecule has 0 saturated heterocycles. The number of nitrogens with zero attached hydrogens (tertiary/aromatic N) is 3. The molecule has 0 radical (unpaired) electrons. The molecular weight excluding hydrogens is 246 g/mol. The van der Waals surface area contributed by atoms with Gasteiger partial charge < -0.3 is 4.90 Å². The summed E-state index contributed by atoms with van der Waals surface area (Å²) in [4.78, 5) is 2.27. The van der Waals surface area contributed by atoms with E-state index < -0.39 is 0 Å². The number of aromatic nitrogens is 2. The van der Waals surface area contributed by atoms with Crippen molar-refractivity contribution < 1.29 is 0 Å². The first-order chi connectivity index (χ1) is 8.58. The van der Waals surface area contributed by atoms with Crippen molar-refractivity contribution in [1.82, 2.24) is 14.7 Å². The fraction of sp³-hybridized carbons (Fsp3) is 0.500. The molecule has 1 heterocycles. The number of hydrogen-bond acceptors (Lipinski definition) is 2. The zero-order valence-electron chi connectivity index (χ0n) is 11.2. The summed E-state index contributed by atoms with van der Waals surface area (Å²) in [7, 11) is 4.11. The molecule has 0 spiro atoms. The number of fused-ring (bicyclic) bond motifs is 1. The summed E-state index contributed by atoms with van der Waals surface area (Å²) >= 11 is 5.98. The lowest BCUT2D eigenvalue weighted by Gasteiger charge is -2.16. The highest BCUT2D eigenvalue weighted by Gasteiger charge is 2.10. The smallest absolute Gasteiger partial charge is 0.0843 e. The molecular formula is C14H20ClN3. The number of aryl methyl sites for hydroxylation is 1. The predicted octanol–water partition coefficient (Wildman–Crippen LogP) is 3.02. The Morgan fingerprint density at radius 3 is 2.83 bits per heavy atom. The van der Waals surface area contributed by atoms with Gasteiger partial charge in [-0.15, -0.1) is 11.6 Å². The quantitative estimate of drug-likeness (QED) is 0.775. The number of hydrogen-bond donors (Lipinski definition) is 0. The van der Waals surface area contributed by atoms with Crippen molar-refractivity contribution in [3.8, 4) is 0 Å². The van der Waals surface area contributed by atoms with Gasteiger partial charge in [-0.1, -0.05) is 18.2 Å². The van der Waals surface area contributed by atoms with Crippen molar-refractivity contribution in [3.63, 3.8) is 0 Å². The number of rotatable bonds is 5. The fourth-order valence-corrected chi connectivity index (χ4v) is 2.24. The maximum absolute atomic E-state index is 5.98. The lowest BCUT2D eigenvalue weighted by Crippen LogP contribution is -2.21. The third-order valence-corrected chi connectivity index (χ3v) is 3.38. The molecule has 0 saturated carbocycles. The van der Waals surface area contributed by atoms with Crippen molar-refractivity contribution in [2.45, 2.75) is 25.3 Å². The monoisotopic (exact) mass is 265 g/mol. The predicted molar refractivity (Wildman–Crippen MR) is 77.0 cm³/mol. The van der Waals surface area contributed by atoms with Crippen molar-refractivity contribution in [3.05, 3.63) is 30.0 Å². The van der Waals surface area contributed by atoms with E-state index in [0.29, 0.717) is 0 Å². The molecule has 0 amide bonds. The average Bonchev–Trinajstić information content (AvgIpc) is 2.65. The molecule has 0 aliphatic carbocycles. The third kappa shape index (κ3) is 3.03. The highest BCUT2D eigenvalue weighted by Crippen LogP contribution is 2.18. The first-order valence-corrected chi connectivity index (χ1v) is 6.75. The molecule has 4 heteroatoms. The molecule has 1 unspecified atom stereocenters. The van der Waals surface area contributed by atoms with Gasteiger partial charge in [0, 0.05) is 24.4 Å². The van der Waals surface area contributed by atoms with E-state index in [-0.39, 0.29) is 5.38 Å². The molecule has 0 aliphatic heterocycles. The van der Waals surface area contributed by atoms with Crippen LogP contribution in [-0.4, -0.2) is 33.6 Å². The van der Waals surface area contributed by atoms with Gasteiger partial charge >= 0.3 is 0 Å². The Balaban J connectivity index is 2.12. The van der Waals surface area contributed by atoms with E-state index in [0.717, 1.165) is 25.2 Å². The van der Waals surface area contributed by atoms with Crippen LogP contribution in [0.5, 0.6) is 0 Å². The van der Waals surface area contributed by atoms with Gasteiger partial charge in [0.05, 0.1) is 11.2 Å². The van der Waals surface area contributed by atoms with Crippen LogP contribution in [0.15, 0.2) is 24.3 Å². The standard InChI is InChI=1S/C14H20ClN3/c1-11(15)8-9-17(2)10-13-12-6-4-5-7-14(12)18(3)16-13/h4-7,11H,8-10H2,1-3H3. The summed E-state index contributed by atoms with van der Waals surface area (Å²) in [5.74, 6) is 0. The summed E-state index contributed by atoms with van der Waals surface area (Å²) < 4.78 is 1.95. The summed E-state index contributed by atoms with van der Waals surface area (Å²) in [6.07, 6.45) is 1.00. The molecule has 1 aromatic carbocycles. The largest absolute Gasteiger partial charge is 0.300 e. The zero-order valence-corrected chi connectivity index (χ0v) is 12.0. The van der Waals surface area contributed by atoms with E-state index in [1.165, 1.54) is 10.9 Å². The first kappa shape index (κ1) is 13.4. The van der Waals surface area contributed by atoms with Crippen LogP contribution in [0.25, 0.3) is 10.9 Å². The summed E-state index contributed by atoms with van der Waals surface area (Å²) in [5, 5.41) is 6.07. The van der Waals surface area contributed by atoms with E-state index in [4.69, 9.17) is 11.6 Å². The Bertz CT molecular complexity index is 519. The van der Waals surface area contributed by atoms with Crippen LogP contribution in [0.3, 0.4) is 0 Å². The molecule has 98 valence electrons. The molecule has 1 atom stereocenters. The van der Waals surface area contributed by atoms with Gasteiger partial charge in [-0.05, 0) is 33.0 Å². The van der Waals surface area contributed by atoms with E-state index in [1.54, 1.807) is 0 Å². The molecule has 3 nitrogen and oxygen atoms in total. The molecule has 0 N–H and O–H groups in total. The van der Waals surface area contributed by atoms with Crippen LogP contribution in [0, 0.1) is 0 Å². The van der Waals surface area contributed by atoms with Crippen molar-refractivity contribution >= 4 is 22.5 Å². The van der Waals surface area contributed by atoms with E-state index in [1.807, 2.05) is 24.7 Å². The topological polar surface area (TPSA) is 21.1 Å². The van der Waals surface area contributed by atoms with Crippen LogP contribution in [0.2, 0.25) is 0 Å². The summed E-state index contributed by atoms with van der Waals surface area (Å²) in [5.41, 5.74) is 2.32. The number of alkyl halides is 1. The zero-order chi connectivity index (χ0) is 13.1. The second-order valence-electron chi connectivity index (χ2n) is 4.89. The Labute approximate surface area is 113 Å². The minimum Gasteiger partial charge on any atom is -0.300 e. The fourth-order valence-electron chi connectivity index (χ4n) is 2.14. The average molecular weight is 266 g/mol. The normalized spacial score (nSPS) is 13.4. The number of para-hydroxylation sites is 1. The second kappa shape index (κ2) is 5.72. The molecule has 2 rings (SSSR count). The van der Waals surface area contributed by atoms with Crippen LogP contribution in [0.4, 0.5) is 0 Å². The van der Waals surface area contributed by atoms with Crippen molar-refractivity contribution in [2.24, 2.45) is 7.05 Å². The maximum Gasteiger partial charge on any atom is 0.0843 e. The molecule has 0 bridgehead atoms. The van der Waals surface area contributed by atoms with E-state index >= 15 is 0 Å². The SMILES string of the molecule is CC(Cl)CCN(C)Cc1nn(C)c2ccccc12. The van der Waals surface area contributed by atoms with Crippen LogP contribution in [-0.2, 0) is 13.6 Å². The van der Waals surface area contributed by atoms with Gasteiger partial charge in [0.15, 0.2) is 0 Å². The van der Waals surface area contributed by atoms with Gasteiger partial charge in [0.2, 0.25) is 0 Å². The number of benzene rings is 1. The van der Waals surface area contributed by atoms with Crippen LogP contribution >= 0.6 is 11.6 Å². The summed E-state index contributed by atoms with van der Waals surface area (Å²) in [6.45, 7) is 3.89. The number of halogens is 1. The van der Waals surface area contributed by atoms with Gasteiger partial charge in [-0.3, -0.25) is 4.68 Å². The van der Waals surface area contributed by atoms with Crippen molar-refractivity contribution in [1.29, 1.82) is 0 Å². The lowest BCUT2D eigenvalue weighted by molar-refractivity contribution is 0.318. The van der Waals surface area contributed by atoms with Crippen LogP contribution < -0.4 is 0 Å². The lowest BCUT2D eigenvalue weighted by atomic mass is 10.2. The minimum absolute atomic E-state index is 0.230. The molecule has 0 aliphatic rings. The van der Waals surface area contributed by atoms with Crippen molar-refractivity contribution in [2.75, 3.05) is 13.6 Å². The summed E-state index contributed by atoms with van der Waals surface area (Å²) in [6, 6.07) is 8.35. The Morgan fingerprint density at radius 1 is 1.39 bits per heavy atom. The highest BCUT2D eigenvalue weighted by atomic mass is 35.5. The molecule has 1 aromatic heterocycles. The van der Waals surface area contributed by atoms with Gasteiger partial charge in [-0.2, -0.15) is 5.10 Å². The molecule has 0 fully saturated rings. The highest BCUT2D eigenvalue weighted by molar-refractivity contribution is 6.20. The Kier molecular flexibility index (Phi) is 4.25. The van der Waals surface area contributed by atoms with E-state index in [9.17, 15) is 0 Å². The van der Waals surface area contributed by atoms with E-state index in [2.05, 4.69) is 35.2 Å². The van der Waals surface area contributed by atoms with Gasteiger partial charge in [-0.25, -0.2) is 0 Å². The van der Waals surface area contributed by atoms with Gasteiger partial charge in [0.25, 0.3) is 0 Å². The minimum atomic E-state index is 0.230. The second-order valence-corrected chi connectivity index (χ2v) is 5.64. The van der Waals surface area contributed by atoms with Gasteiger partial charge in [0.1, 0.15) is 0 Å². The Morgan fingerprint density at radius 2 is 2.11 bits per heavy atom. The van der Waals surface area contributed by atoms with Crippen LogP contribution in [0.1, 0.15) is 19.0 Å². The molecule has 18 heavy (non-hydrogen) atoms. The third-order valence-electron chi connectivity index (χ3n) is 3.16.